The second-order valence-corrected chi connectivity index (χ2v) is 7.93. The molecule has 0 spiro atoms. The predicted molar refractivity (Wildman–Crippen MR) is 107 cm³/mol. The van der Waals surface area contributed by atoms with Crippen LogP contribution in [0, 0.1) is 13.8 Å². The molecule has 2 rings (SSSR count). The minimum Gasteiger partial charge on any atom is -0.484 e. The van der Waals surface area contributed by atoms with Gasteiger partial charge in [0.2, 0.25) is 0 Å². The van der Waals surface area contributed by atoms with E-state index in [1.54, 1.807) is 23.1 Å². The molecule has 0 aliphatic carbocycles. The van der Waals surface area contributed by atoms with Crippen LogP contribution in [0.4, 0.5) is 5.69 Å². The number of benzene rings is 2. The summed E-state index contributed by atoms with van der Waals surface area (Å²) in [4.78, 5) is 13.8. The van der Waals surface area contributed by atoms with Crippen molar-refractivity contribution in [3.05, 3.63) is 53.6 Å². The molecular weight excluding hydrogens is 364 g/mol. The first kappa shape index (κ1) is 20.8. The van der Waals surface area contributed by atoms with Gasteiger partial charge in [0.1, 0.15) is 5.75 Å². The number of sulfonamides is 1. The Bertz CT molecular complexity index is 889. The quantitative estimate of drug-likeness (QED) is 0.750. The fraction of sp³-hybridized carbons (Fsp3) is 0.350. The highest BCUT2D eigenvalue weighted by Gasteiger charge is 2.16. The number of hydrogen-bond donors (Lipinski definition) is 1. The summed E-state index contributed by atoms with van der Waals surface area (Å²) in [5, 5.41) is 0. The van der Waals surface area contributed by atoms with Crippen molar-refractivity contribution in [3.63, 3.8) is 0 Å². The van der Waals surface area contributed by atoms with Crippen molar-refractivity contribution in [2.45, 2.75) is 32.6 Å². The summed E-state index contributed by atoms with van der Waals surface area (Å²) in [5.41, 5.74) is 2.37. The van der Waals surface area contributed by atoms with Crippen LogP contribution in [0.3, 0.4) is 0 Å². The first-order valence-electron chi connectivity index (χ1n) is 8.87. The summed E-state index contributed by atoms with van der Waals surface area (Å²) in [7, 11) is -3.70. The largest absolute Gasteiger partial charge is 0.484 e. The molecule has 27 heavy (non-hydrogen) atoms. The molecule has 2 aromatic carbocycles. The van der Waals surface area contributed by atoms with Gasteiger partial charge >= 0.3 is 0 Å². The number of amides is 1. The zero-order valence-corrected chi connectivity index (χ0v) is 17.0. The number of rotatable bonds is 8. The Morgan fingerprint density at radius 3 is 2.26 bits per heavy atom. The van der Waals surface area contributed by atoms with Crippen molar-refractivity contribution in [3.8, 4) is 5.75 Å². The van der Waals surface area contributed by atoms with E-state index in [0.717, 1.165) is 11.1 Å². The molecule has 0 bridgehead atoms. The van der Waals surface area contributed by atoms with Crippen molar-refractivity contribution in [1.29, 1.82) is 0 Å². The number of likely N-dealkylation sites (N-methyl/N-ethyl adjacent to an activating group) is 1. The third kappa shape index (κ3) is 5.47. The SMILES string of the molecule is CCN(CC)C(=O)COc1ccc(S(=O)(=O)Nc2cc(C)ccc2C)cc1. The molecule has 6 nitrogen and oxygen atoms in total. The Morgan fingerprint density at radius 2 is 1.67 bits per heavy atom. The Kier molecular flexibility index (Phi) is 6.85. The van der Waals surface area contributed by atoms with Crippen molar-refractivity contribution < 1.29 is 17.9 Å². The molecule has 0 saturated heterocycles. The number of carbonyl (C=O) groups is 1. The number of ether oxygens (including phenoxy) is 1. The van der Waals surface area contributed by atoms with E-state index >= 15 is 0 Å². The van der Waals surface area contributed by atoms with E-state index < -0.39 is 10.0 Å². The van der Waals surface area contributed by atoms with Gasteiger partial charge < -0.3 is 9.64 Å². The summed E-state index contributed by atoms with van der Waals surface area (Å²) in [6.07, 6.45) is 0. The lowest BCUT2D eigenvalue weighted by Crippen LogP contribution is -2.34. The van der Waals surface area contributed by atoms with Gasteiger partial charge in [-0.05, 0) is 69.2 Å². The fourth-order valence-corrected chi connectivity index (χ4v) is 3.70. The van der Waals surface area contributed by atoms with Crippen LogP contribution in [0.1, 0.15) is 25.0 Å². The molecule has 0 radical (unpaired) electrons. The van der Waals surface area contributed by atoms with E-state index in [4.69, 9.17) is 4.74 Å². The summed E-state index contributed by atoms with van der Waals surface area (Å²) in [5.74, 6) is 0.342. The van der Waals surface area contributed by atoms with Crippen LogP contribution < -0.4 is 9.46 Å². The molecule has 0 atom stereocenters. The van der Waals surface area contributed by atoms with Crippen LogP contribution in [0.15, 0.2) is 47.4 Å². The maximum absolute atomic E-state index is 12.6. The van der Waals surface area contributed by atoms with Gasteiger partial charge in [0, 0.05) is 13.1 Å². The van der Waals surface area contributed by atoms with Crippen LogP contribution in [-0.2, 0) is 14.8 Å². The van der Waals surface area contributed by atoms with Gasteiger partial charge in [-0.3, -0.25) is 9.52 Å². The number of carbonyl (C=O) groups excluding carboxylic acids is 1. The standard InChI is InChI=1S/C20H26N2O4S/c1-5-22(6-2)20(23)14-26-17-9-11-18(12-10-17)27(24,25)21-19-13-15(3)7-8-16(19)4/h7-13,21H,5-6,14H2,1-4H3. The van der Waals surface area contributed by atoms with Gasteiger partial charge in [-0.25, -0.2) is 8.42 Å². The molecule has 146 valence electrons. The Balaban J connectivity index is 2.07. The second-order valence-electron chi connectivity index (χ2n) is 6.25. The number of anilines is 1. The lowest BCUT2D eigenvalue weighted by Gasteiger charge is -2.18. The van der Waals surface area contributed by atoms with Crippen molar-refractivity contribution in [2.75, 3.05) is 24.4 Å². The molecule has 0 fully saturated rings. The lowest BCUT2D eigenvalue weighted by molar-refractivity contribution is -0.132. The highest BCUT2D eigenvalue weighted by molar-refractivity contribution is 7.92. The number of nitrogens with zero attached hydrogens (tertiary/aromatic N) is 1. The third-order valence-electron chi connectivity index (χ3n) is 4.25. The van der Waals surface area contributed by atoms with Gasteiger partial charge in [-0.15, -0.1) is 0 Å². The van der Waals surface area contributed by atoms with Crippen LogP contribution >= 0.6 is 0 Å². The van der Waals surface area contributed by atoms with E-state index in [1.165, 1.54) is 12.1 Å². The number of nitrogens with one attached hydrogen (secondary N) is 1. The van der Waals surface area contributed by atoms with Crippen molar-refractivity contribution >= 4 is 21.6 Å². The van der Waals surface area contributed by atoms with Crippen molar-refractivity contribution in [1.82, 2.24) is 4.90 Å². The van der Waals surface area contributed by atoms with Crippen molar-refractivity contribution in [2.24, 2.45) is 0 Å². The summed E-state index contributed by atoms with van der Waals surface area (Å²) >= 11 is 0. The number of hydrogen-bond acceptors (Lipinski definition) is 4. The van der Waals surface area contributed by atoms with Crippen LogP contribution in [0.2, 0.25) is 0 Å². The van der Waals surface area contributed by atoms with Gasteiger partial charge in [0.05, 0.1) is 10.6 Å². The normalized spacial score (nSPS) is 11.1. The first-order valence-corrected chi connectivity index (χ1v) is 10.4. The lowest BCUT2D eigenvalue weighted by atomic mass is 10.1. The average molecular weight is 391 g/mol. The molecule has 0 unspecified atom stereocenters. The minimum absolute atomic E-state index is 0.0749. The van der Waals surface area contributed by atoms with Crippen LogP contribution in [-0.4, -0.2) is 38.9 Å². The van der Waals surface area contributed by atoms with E-state index in [9.17, 15) is 13.2 Å². The maximum Gasteiger partial charge on any atom is 0.261 e. The van der Waals surface area contributed by atoms with Gasteiger partial charge in [0.25, 0.3) is 15.9 Å². The second kappa shape index (κ2) is 8.90. The molecule has 1 amide bonds. The molecule has 1 N–H and O–H groups in total. The molecule has 0 aromatic heterocycles. The smallest absolute Gasteiger partial charge is 0.261 e. The highest BCUT2D eigenvalue weighted by Crippen LogP contribution is 2.22. The van der Waals surface area contributed by atoms with Crippen LogP contribution in [0.25, 0.3) is 0 Å². The summed E-state index contributed by atoms with van der Waals surface area (Å²) in [6, 6.07) is 11.6. The molecular formula is C20H26N2O4S. The molecule has 7 heteroatoms. The van der Waals surface area contributed by atoms with Gasteiger partial charge in [-0.2, -0.15) is 0 Å². The van der Waals surface area contributed by atoms with Crippen LogP contribution in [0.5, 0.6) is 5.75 Å². The molecule has 0 saturated carbocycles. The topological polar surface area (TPSA) is 75.7 Å². The molecule has 0 aliphatic heterocycles. The van der Waals surface area contributed by atoms with E-state index in [0.29, 0.717) is 24.5 Å². The van der Waals surface area contributed by atoms with E-state index in [-0.39, 0.29) is 17.4 Å². The highest BCUT2D eigenvalue weighted by atomic mass is 32.2. The fourth-order valence-electron chi connectivity index (χ4n) is 2.58. The minimum atomic E-state index is -3.70. The third-order valence-corrected chi connectivity index (χ3v) is 5.63. The monoisotopic (exact) mass is 390 g/mol. The first-order chi connectivity index (χ1) is 12.8. The Hall–Kier alpha value is -2.54. The Morgan fingerprint density at radius 1 is 1.04 bits per heavy atom. The average Bonchev–Trinajstić information content (AvgIpc) is 2.64. The summed E-state index contributed by atoms with van der Waals surface area (Å²) < 4.78 is 33.3. The van der Waals surface area contributed by atoms with Gasteiger partial charge in [0.15, 0.2) is 6.61 Å². The predicted octanol–water partition coefficient (Wildman–Crippen LogP) is 3.35. The number of aryl methyl sites for hydroxylation is 2. The summed E-state index contributed by atoms with van der Waals surface area (Å²) in [6.45, 7) is 8.74. The zero-order valence-electron chi connectivity index (χ0n) is 16.2. The van der Waals surface area contributed by atoms with Gasteiger partial charge in [-0.1, -0.05) is 12.1 Å². The zero-order chi connectivity index (χ0) is 20.0. The maximum atomic E-state index is 12.6. The van der Waals surface area contributed by atoms with E-state index in [2.05, 4.69) is 4.72 Å². The molecule has 0 aliphatic rings. The van der Waals surface area contributed by atoms with E-state index in [1.807, 2.05) is 39.8 Å². The molecule has 0 heterocycles. The Labute approximate surface area is 161 Å². The molecule has 2 aromatic rings.